The summed E-state index contributed by atoms with van der Waals surface area (Å²) >= 11 is 0. The van der Waals surface area contributed by atoms with E-state index in [2.05, 4.69) is 15.1 Å². The largest absolute Gasteiger partial charge is 0.481 e. The van der Waals surface area contributed by atoms with Gasteiger partial charge in [-0.25, -0.2) is 0 Å². The molecule has 2 saturated heterocycles. The number of nitrogens with one attached hydrogen (secondary N) is 1. The molecule has 0 aliphatic carbocycles. The van der Waals surface area contributed by atoms with E-state index < -0.39 is 12.0 Å². The lowest BCUT2D eigenvalue weighted by atomic mass is 10.0. The van der Waals surface area contributed by atoms with Gasteiger partial charge in [-0.3, -0.25) is 4.79 Å². The molecular weight excluding hydrogens is 392 g/mol. The van der Waals surface area contributed by atoms with Gasteiger partial charge in [0.05, 0.1) is 12.5 Å². The first-order valence-corrected chi connectivity index (χ1v) is 11.4. The molecule has 31 heavy (non-hydrogen) atoms. The summed E-state index contributed by atoms with van der Waals surface area (Å²) in [6.07, 6.45) is 6.97. The number of hydrogen-bond donors (Lipinski definition) is 2. The van der Waals surface area contributed by atoms with Crippen molar-refractivity contribution in [3.8, 4) is 0 Å². The maximum Gasteiger partial charge on any atom is 0.305 e. The van der Waals surface area contributed by atoms with Crippen molar-refractivity contribution >= 4 is 23.8 Å². The van der Waals surface area contributed by atoms with Crippen LogP contribution in [0.2, 0.25) is 0 Å². The average Bonchev–Trinajstić information content (AvgIpc) is 2.80. The van der Waals surface area contributed by atoms with Crippen LogP contribution >= 0.6 is 0 Å². The number of carboxylic acid groups (broad SMARTS) is 1. The third-order valence-electron chi connectivity index (χ3n) is 6.05. The first-order chi connectivity index (χ1) is 15.1. The van der Waals surface area contributed by atoms with Crippen molar-refractivity contribution in [2.45, 2.75) is 57.9 Å². The molecule has 4 rings (SSSR count). The Labute approximate surface area is 183 Å². The lowest BCUT2D eigenvalue weighted by molar-refractivity contribution is -0.137. The van der Waals surface area contributed by atoms with Gasteiger partial charge < -0.3 is 20.2 Å². The molecular formula is C23H32N6O2. The van der Waals surface area contributed by atoms with Gasteiger partial charge in [0, 0.05) is 26.2 Å². The van der Waals surface area contributed by atoms with Gasteiger partial charge in [0.2, 0.25) is 17.8 Å². The Morgan fingerprint density at radius 1 is 0.903 bits per heavy atom. The fourth-order valence-electron chi connectivity index (χ4n) is 4.27. The molecule has 3 heterocycles. The second-order valence-electron chi connectivity index (χ2n) is 8.56. The molecule has 2 aromatic rings. The molecule has 166 valence electrons. The Kier molecular flexibility index (Phi) is 6.84. The maximum absolute atomic E-state index is 11.6. The number of rotatable bonds is 7. The number of carboxylic acids is 1. The van der Waals surface area contributed by atoms with Crippen molar-refractivity contribution in [3.63, 3.8) is 0 Å². The summed E-state index contributed by atoms with van der Waals surface area (Å²) < 4.78 is 0. The standard InChI is InChI=1S/C23H32N6O2/c1-17-8-10-18(11-9-17)19(16-20(30)31)24-21-25-22(28-12-4-2-5-13-28)27-23(26-21)29-14-6-3-7-15-29/h8-11,19H,2-7,12-16H2,1H3,(H,30,31)(H,24,25,26,27)/t19-/m0/s1. The summed E-state index contributed by atoms with van der Waals surface area (Å²) in [6.45, 7) is 5.79. The molecule has 2 fully saturated rings. The fraction of sp³-hybridized carbons (Fsp3) is 0.565. The van der Waals surface area contributed by atoms with E-state index in [0.717, 1.165) is 63.0 Å². The second-order valence-corrected chi connectivity index (χ2v) is 8.56. The molecule has 2 aliphatic rings. The summed E-state index contributed by atoms with van der Waals surface area (Å²) in [7, 11) is 0. The van der Waals surface area contributed by atoms with Gasteiger partial charge in [-0.05, 0) is 51.0 Å². The molecule has 2 aliphatic heterocycles. The molecule has 8 nitrogen and oxygen atoms in total. The van der Waals surface area contributed by atoms with E-state index in [1.54, 1.807) is 0 Å². The number of anilines is 3. The van der Waals surface area contributed by atoms with E-state index in [-0.39, 0.29) is 6.42 Å². The number of aromatic nitrogens is 3. The molecule has 2 N–H and O–H groups in total. The molecule has 0 spiro atoms. The third-order valence-corrected chi connectivity index (χ3v) is 6.05. The Morgan fingerprint density at radius 2 is 1.42 bits per heavy atom. The van der Waals surface area contributed by atoms with Crippen LogP contribution in [0.25, 0.3) is 0 Å². The molecule has 0 saturated carbocycles. The van der Waals surface area contributed by atoms with Crippen LogP contribution in [0.3, 0.4) is 0 Å². The van der Waals surface area contributed by atoms with Crippen molar-refractivity contribution in [2.24, 2.45) is 0 Å². The zero-order valence-corrected chi connectivity index (χ0v) is 18.3. The van der Waals surface area contributed by atoms with E-state index in [1.165, 1.54) is 12.8 Å². The van der Waals surface area contributed by atoms with Gasteiger partial charge in [-0.2, -0.15) is 15.0 Å². The molecule has 1 aromatic carbocycles. The first-order valence-electron chi connectivity index (χ1n) is 11.4. The number of aliphatic carboxylic acids is 1. The van der Waals surface area contributed by atoms with Crippen molar-refractivity contribution < 1.29 is 9.90 Å². The highest BCUT2D eigenvalue weighted by atomic mass is 16.4. The minimum Gasteiger partial charge on any atom is -0.481 e. The van der Waals surface area contributed by atoms with E-state index in [4.69, 9.17) is 15.0 Å². The van der Waals surface area contributed by atoms with Gasteiger partial charge in [-0.1, -0.05) is 29.8 Å². The lowest BCUT2D eigenvalue weighted by Gasteiger charge is -2.30. The molecule has 1 aromatic heterocycles. The molecule has 0 bridgehead atoms. The molecule has 0 radical (unpaired) electrons. The van der Waals surface area contributed by atoms with Crippen LogP contribution in [0, 0.1) is 6.92 Å². The molecule has 0 unspecified atom stereocenters. The summed E-state index contributed by atoms with van der Waals surface area (Å²) in [5, 5.41) is 12.8. The highest BCUT2D eigenvalue weighted by Gasteiger charge is 2.23. The number of nitrogens with zero attached hydrogens (tertiary/aromatic N) is 5. The Bertz CT molecular complexity index is 840. The number of hydrogen-bond acceptors (Lipinski definition) is 7. The number of piperidine rings is 2. The highest BCUT2D eigenvalue weighted by Crippen LogP contribution is 2.26. The molecule has 1 atom stereocenters. The maximum atomic E-state index is 11.6. The quantitative estimate of drug-likeness (QED) is 0.693. The van der Waals surface area contributed by atoms with Crippen LogP contribution in [0.15, 0.2) is 24.3 Å². The van der Waals surface area contributed by atoms with E-state index in [0.29, 0.717) is 17.8 Å². The topological polar surface area (TPSA) is 94.5 Å². The van der Waals surface area contributed by atoms with Gasteiger partial charge in [0.1, 0.15) is 0 Å². The minimum atomic E-state index is -0.861. The van der Waals surface area contributed by atoms with Crippen LogP contribution in [0.5, 0.6) is 0 Å². The Balaban J connectivity index is 1.65. The second kappa shape index (κ2) is 9.94. The zero-order valence-electron chi connectivity index (χ0n) is 18.3. The fourth-order valence-corrected chi connectivity index (χ4v) is 4.27. The van der Waals surface area contributed by atoms with Crippen molar-refractivity contribution in [1.29, 1.82) is 0 Å². The summed E-state index contributed by atoms with van der Waals surface area (Å²) in [5.74, 6) is 0.967. The summed E-state index contributed by atoms with van der Waals surface area (Å²) in [6, 6.07) is 7.52. The predicted molar refractivity (Wildman–Crippen MR) is 122 cm³/mol. The van der Waals surface area contributed by atoms with Gasteiger partial charge in [0.25, 0.3) is 0 Å². The lowest BCUT2D eigenvalue weighted by Crippen LogP contribution is -2.34. The Morgan fingerprint density at radius 3 is 1.90 bits per heavy atom. The van der Waals surface area contributed by atoms with Crippen LogP contribution in [0.4, 0.5) is 17.8 Å². The van der Waals surface area contributed by atoms with Gasteiger partial charge in [-0.15, -0.1) is 0 Å². The van der Waals surface area contributed by atoms with Crippen LogP contribution in [-0.4, -0.2) is 52.2 Å². The van der Waals surface area contributed by atoms with Gasteiger partial charge >= 0.3 is 5.97 Å². The Hall–Kier alpha value is -2.90. The van der Waals surface area contributed by atoms with Gasteiger partial charge in [0.15, 0.2) is 0 Å². The van der Waals surface area contributed by atoms with E-state index >= 15 is 0 Å². The van der Waals surface area contributed by atoms with Crippen LogP contribution < -0.4 is 15.1 Å². The number of benzene rings is 1. The minimum absolute atomic E-state index is 0.0488. The van der Waals surface area contributed by atoms with Crippen molar-refractivity contribution in [3.05, 3.63) is 35.4 Å². The highest BCUT2D eigenvalue weighted by molar-refractivity contribution is 5.68. The van der Waals surface area contributed by atoms with E-state index in [1.807, 2.05) is 31.2 Å². The average molecular weight is 425 g/mol. The van der Waals surface area contributed by atoms with Crippen molar-refractivity contribution in [1.82, 2.24) is 15.0 Å². The normalized spacial score (nSPS) is 18.0. The third kappa shape index (κ3) is 5.62. The predicted octanol–water partition coefficient (Wildman–Crippen LogP) is 3.79. The smallest absolute Gasteiger partial charge is 0.305 e. The number of carbonyl (C=O) groups is 1. The molecule has 0 amide bonds. The van der Waals surface area contributed by atoms with Crippen LogP contribution in [0.1, 0.15) is 62.1 Å². The first kappa shape index (κ1) is 21.3. The summed E-state index contributed by atoms with van der Waals surface area (Å²) in [5.41, 5.74) is 2.05. The summed E-state index contributed by atoms with van der Waals surface area (Å²) in [4.78, 5) is 30.2. The monoisotopic (exact) mass is 424 g/mol. The molecule has 8 heteroatoms. The van der Waals surface area contributed by atoms with E-state index in [9.17, 15) is 9.90 Å². The van der Waals surface area contributed by atoms with Crippen LogP contribution in [-0.2, 0) is 4.79 Å². The SMILES string of the molecule is Cc1ccc([C@H](CC(=O)O)Nc2nc(N3CCCCC3)nc(N3CCCCC3)n2)cc1. The van der Waals surface area contributed by atoms with Crippen molar-refractivity contribution in [2.75, 3.05) is 41.3 Å². The zero-order chi connectivity index (χ0) is 21.6. The number of aryl methyl sites for hydroxylation is 1.